The van der Waals surface area contributed by atoms with Gasteiger partial charge in [-0.05, 0) is 31.2 Å². The zero-order valence-corrected chi connectivity index (χ0v) is 10.9. The monoisotopic (exact) mass is 260 g/mol. The fourth-order valence-electron chi connectivity index (χ4n) is 1.67. The third-order valence-corrected chi connectivity index (χ3v) is 2.64. The Hall–Kier alpha value is -1.94. The van der Waals surface area contributed by atoms with Crippen molar-refractivity contribution in [3.05, 3.63) is 54.0 Å². The van der Waals surface area contributed by atoms with Gasteiger partial charge in [-0.25, -0.2) is 9.37 Å². The molecule has 1 heterocycles. The van der Waals surface area contributed by atoms with Gasteiger partial charge in [0.2, 0.25) is 0 Å². The molecule has 19 heavy (non-hydrogen) atoms. The summed E-state index contributed by atoms with van der Waals surface area (Å²) in [5.74, 6) is 0.185. The van der Waals surface area contributed by atoms with E-state index < -0.39 is 5.82 Å². The number of aromatic nitrogens is 1. The molecule has 1 N–H and O–H groups in total. The van der Waals surface area contributed by atoms with E-state index in [4.69, 9.17) is 4.74 Å². The van der Waals surface area contributed by atoms with E-state index in [0.29, 0.717) is 17.9 Å². The number of para-hydroxylation sites is 1. The van der Waals surface area contributed by atoms with Crippen LogP contribution in [0.15, 0.2) is 42.6 Å². The maximum absolute atomic E-state index is 14.2. The van der Waals surface area contributed by atoms with E-state index in [-0.39, 0.29) is 5.88 Å². The highest BCUT2D eigenvalue weighted by Crippen LogP contribution is 2.23. The molecule has 2 aromatic rings. The van der Waals surface area contributed by atoms with Crippen molar-refractivity contribution in [3.63, 3.8) is 0 Å². The van der Waals surface area contributed by atoms with Crippen molar-refractivity contribution in [2.24, 2.45) is 0 Å². The van der Waals surface area contributed by atoms with E-state index in [1.54, 1.807) is 24.4 Å². The van der Waals surface area contributed by atoms with Crippen LogP contribution >= 0.6 is 0 Å². The van der Waals surface area contributed by atoms with Gasteiger partial charge in [0.15, 0.2) is 5.82 Å². The van der Waals surface area contributed by atoms with Gasteiger partial charge in [-0.15, -0.1) is 0 Å². The first-order chi connectivity index (χ1) is 9.31. The van der Waals surface area contributed by atoms with E-state index in [1.807, 2.05) is 18.2 Å². The predicted molar refractivity (Wildman–Crippen MR) is 72.7 cm³/mol. The first-order valence-corrected chi connectivity index (χ1v) is 6.38. The lowest BCUT2D eigenvalue weighted by Crippen LogP contribution is -2.15. The molecular formula is C15H17FN2O. The largest absolute Gasteiger partial charge is 0.436 e. The number of hydrogen-bond donors (Lipinski definition) is 1. The van der Waals surface area contributed by atoms with Crippen molar-refractivity contribution < 1.29 is 9.13 Å². The molecule has 0 bridgehead atoms. The number of nitrogens with zero attached hydrogens (tertiary/aromatic N) is 1. The summed E-state index contributed by atoms with van der Waals surface area (Å²) in [6, 6.07) is 10.7. The lowest BCUT2D eigenvalue weighted by Gasteiger charge is -2.09. The maximum Gasteiger partial charge on any atom is 0.256 e. The molecule has 2 rings (SSSR count). The molecule has 0 aliphatic carbocycles. The highest BCUT2D eigenvalue weighted by Gasteiger charge is 2.11. The summed E-state index contributed by atoms with van der Waals surface area (Å²) in [6.45, 7) is 3.41. The van der Waals surface area contributed by atoms with Gasteiger partial charge < -0.3 is 10.1 Å². The molecule has 0 aliphatic heterocycles. The minimum Gasteiger partial charge on any atom is -0.436 e. The number of halogens is 1. The average Bonchev–Trinajstić information content (AvgIpc) is 2.44. The zero-order chi connectivity index (χ0) is 13.5. The quantitative estimate of drug-likeness (QED) is 0.807. The number of nitrogens with one attached hydrogen (secondary N) is 1. The van der Waals surface area contributed by atoms with Gasteiger partial charge in [0.25, 0.3) is 5.88 Å². The van der Waals surface area contributed by atoms with Crippen LogP contribution in [0, 0.1) is 5.82 Å². The fraction of sp³-hybridized carbons (Fsp3) is 0.267. The van der Waals surface area contributed by atoms with Gasteiger partial charge in [-0.1, -0.05) is 25.1 Å². The van der Waals surface area contributed by atoms with Gasteiger partial charge in [-0.3, -0.25) is 0 Å². The summed E-state index contributed by atoms with van der Waals surface area (Å²) in [5, 5.41) is 3.16. The average molecular weight is 260 g/mol. The van der Waals surface area contributed by atoms with Crippen molar-refractivity contribution in [3.8, 4) is 11.6 Å². The minimum absolute atomic E-state index is 0.0157. The molecule has 0 fully saturated rings. The van der Waals surface area contributed by atoms with Crippen molar-refractivity contribution >= 4 is 0 Å². The van der Waals surface area contributed by atoms with Gasteiger partial charge in [-0.2, -0.15) is 0 Å². The van der Waals surface area contributed by atoms with Gasteiger partial charge >= 0.3 is 0 Å². The van der Waals surface area contributed by atoms with Crippen LogP contribution in [0.2, 0.25) is 0 Å². The smallest absolute Gasteiger partial charge is 0.256 e. The molecule has 0 spiro atoms. The lowest BCUT2D eigenvalue weighted by molar-refractivity contribution is 0.417. The molecule has 0 atom stereocenters. The molecule has 0 saturated heterocycles. The third-order valence-electron chi connectivity index (χ3n) is 2.64. The molecular weight excluding hydrogens is 243 g/mol. The van der Waals surface area contributed by atoms with Gasteiger partial charge in [0.1, 0.15) is 5.75 Å². The van der Waals surface area contributed by atoms with Crippen LogP contribution in [0.5, 0.6) is 11.6 Å². The Morgan fingerprint density at radius 1 is 1.21 bits per heavy atom. The summed E-state index contributed by atoms with van der Waals surface area (Å²) in [7, 11) is 0. The van der Waals surface area contributed by atoms with E-state index in [2.05, 4.69) is 17.2 Å². The lowest BCUT2D eigenvalue weighted by atomic mass is 10.2. The molecule has 100 valence electrons. The molecule has 1 aromatic heterocycles. The normalized spacial score (nSPS) is 10.4. The van der Waals surface area contributed by atoms with Crippen molar-refractivity contribution in [2.45, 2.75) is 19.9 Å². The first-order valence-electron chi connectivity index (χ1n) is 6.38. The predicted octanol–water partition coefficient (Wildman–Crippen LogP) is 3.51. The third kappa shape index (κ3) is 3.76. The number of rotatable bonds is 6. The number of benzene rings is 1. The maximum atomic E-state index is 14.2. The highest BCUT2D eigenvalue weighted by molar-refractivity contribution is 5.30. The number of pyridine rings is 1. The van der Waals surface area contributed by atoms with Gasteiger partial charge in [0, 0.05) is 18.3 Å². The Bertz CT molecular complexity index is 517. The highest BCUT2D eigenvalue weighted by atomic mass is 19.1. The Morgan fingerprint density at radius 2 is 2.00 bits per heavy atom. The standard InChI is InChI=1S/C15H17FN2O/c1-2-9-17-11-12-8-10-18-15(14(12)16)19-13-6-4-3-5-7-13/h3-8,10,17H,2,9,11H2,1H3. The summed E-state index contributed by atoms with van der Waals surface area (Å²) >= 11 is 0. The van der Waals surface area contributed by atoms with Crippen LogP contribution in [0.4, 0.5) is 4.39 Å². The minimum atomic E-state index is -0.407. The Morgan fingerprint density at radius 3 is 2.74 bits per heavy atom. The summed E-state index contributed by atoms with van der Waals surface area (Å²) in [6.07, 6.45) is 2.57. The van der Waals surface area contributed by atoms with Crippen molar-refractivity contribution in [1.29, 1.82) is 0 Å². The number of hydrogen-bond acceptors (Lipinski definition) is 3. The molecule has 3 nitrogen and oxygen atoms in total. The van der Waals surface area contributed by atoms with Crippen molar-refractivity contribution in [1.82, 2.24) is 10.3 Å². The summed E-state index contributed by atoms with van der Waals surface area (Å²) in [4.78, 5) is 3.94. The zero-order valence-electron chi connectivity index (χ0n) is 10.9. The van der Waals surface area contributed by atoms with Gasteiger partial charge in [0.05, 0.1) is 0 Å². The Labute approximate surface area is 112 Å². The molecule has 4 heteroatoms. The summed E-state index contributed by atoms with van der Waals surface area (Å²) in [5.41, 5.74) is 0.564. The first kappa shape index (κ1) is 13.5. The molecule has 0 saturated carbocycles. The van der Waals surface area contributed by atoms with E-state index >= 15 is 0 Å². The molecule has 0 aliphatic rings. The second-order valence-electron chi connectivity index (χ2n) is 4.18. The van der Waals surface area contributed by atoms with Crippen molar-refractivity contribution in [2.75, 3.05) is 6.54 Å². The second-order valence-corrected chi connectivity index (χ2v) is 4.18. The van der Waals surface area contributed by atoms with Crippen LogP contribution in [-0.2, 0) is 6.54 Å². The Kier molecular flexibility index (Phi) is 4.86. The molecule has 0 amide bonds. The number of ether oxygens (including phenoxy) is 1. The molecule has 1 aromatic carbocycles. The fourth-order valence-corrected chi connectivity index (χ4v) is 1.67. The summed E-state index contributed by atoms with van der Waals surface area (Å²) < 4.78 is 19.6. The molecule has 0 radical (unpaired) electrons. The second kappa shape index (κ2) is 6.85. The molecule has 0 unspecified atom stereocenters. The van der Waals surface area contributed by atoms with Crippen LogP contribution in [0.3, 0.4) is 0 Å². The van der Waals surface area contributed by atoms with E-state index in [1.165, 1.54) is 0 Å². The van der Waals surface area contributed by atoms with Crippen LogP contribution in [-0.4, -0.2) is 11.5 Å². The Balaban J connectivity index is 2.11. The van der Waals surface area contributed by atoms with E-state index in [0.717, 1.165) is 13.0 Å². The SMILES string of the molecule is CCCNCc1ccnc(Oc2ccccc2)c1F. The van der Waals surface area contributed by atoms with Crippen LogP contribution in [0.25, 0.3) is 0 Å². The van der Waals surface area contributed by atoms with Crippen LogP contribution < -0.4 is 10.1 Å². The van der Waals surface area contributed by atoms with Crippen LogP contribution in [0.1, 0.15) is 18.9 Å². The topological polar surface area (TPSA) is 34.2 Å². The van der Waals surface area contributed by atoms with E-state index in [9.17, 15) is 4.39 Å².